The maximum absolute atomic E-state index is 11.7. The van der Waals surface area contributed by atoms with Crippen molar-refractivity contribution in [2.24, 2.45) is 11.7 Å². The van der Waals surface area contributed by atoms with Crippen LogP contribution in [-0.4, -0.2) is 37.1 Å². The normalized spacial score (nSPS) is 18.9. The molecule has 20 heavy (non-hydrogen) atoms. The Labute approximate surface area is 122 Å². The van der Waals surface area contributed by atoms with Crippen LogP contribution in [0.2, 0.25) is 0 Å². The SMILES string of the molecule is C=C/C=C(CN1CCC(C(=O)OCC)CC1)\C(N)=C/C. The van der Waals surface area contributed by atoms with Crippen LogP contribution in [0.25, 0.3) is 0 Å². The maximum atomic E-state index is 11.7. The Bertz CT molecular complexity index is 391. The number of allylic oxidation sites excluding steroid dienone is 3. The summed E-state index contributed by atoms with van der Waals surface area (Å²) >= 11 is 0. The van der Waals surface area contributed by atoms with E-state index < -0.39 is 0 Å². The standard InChI is InChI=1S/C16H26N2O2/c1-4-7-14(15(17)5-2)12-18-10-8-13(9-11-18)16(19)20-6-3/h4-5,7,13H,1,6,8-12,17H2,2-3H3/b14-7-,15-5+. The molecule has 0 aromatic carbocycles. The van der Waals surface area contributed by atoms with Crippen LogP contribution in [0.1, 0.15) is 26.7 Å². The first-order chi connectivity index (χ1) is 9.62. The Balaban J connectivity index is 2.51. The average molecular weight is 278 g/mol. The van der Waals surface area contributed by atoms with E-state index in [4.69, 9.17) is 10.5 Å². The van der Waals surface area contributed by atoms with Gasteiger partial charge in [0.2, 0.25) is 0 Å². The van der Waals surface area contributed by atoms with Crippen LogP contribution in [0.15, 0.2) is 36.1 Å². The predicted molar refractivity (Wildman–Crippen MR) is 82.0 cm³/mol. The average Bonchev–Trinajstić information content (AvgIpc) is 2.47. The molecule has 0 atom stereocenters. The zero-order valence-electron chi connectivity index (χ0n) is 12.6. The summed E-state index contributed by atoms with van der Waals surface area (Å²) in [5.41, 5.74) is 7.85. The largest absolute Gasteiger partial charge is 0.466 e. The van der Waals surface area contributed by atoms with Gasteiger partial charge in [0.1, 0.15) is 0 Å². The van der Waals surface area contributed by atoms with Crippen molar-refractivity contribution in [3.05, 3.63) is 36.1 Å². The minimum Gasteiger partial charge on any atom is -0.466 e. The van der Waals surface area contributed by atoms with Gasteiger partial charge in [-0.15, -0.1) is 0 Å². The lowest BCUT2D eigenvalue weighted by molar-refractivity contribution is -0.149. The van der Waals surface area contributed by atoms with Gasteiger partial charge in [0.15, 0.2) is 0 Å². The molecule has 0 aromatic rings. The van der Waals surface area contributed by atoms with Gasteiger partial charge in [-0.05, 0) is 45.4 Å². The lowest BCUT2D eigenvalue weighted by atomic mass is 9.96. The zero-order valence-corrected chi connectivity index (χ0v) is 12.6. The summed E-state index contributed by atoms with van der Waals surface area (Å²) < 4.78 is 5.08. The van der Waals surface area contributed by atoms with E-state index in [9.17, 15) is 4.79 Å². The molecule has 0 radical (unpaired) electrons. The molecule has 0 saturated carbocycles. The summed E-state index contributed by atoms with van der Waals surface area (Å²) in [6.07, 6.45) is 7.33. The monoisotopic (exact) mass is 278 g/mol. The van der Waals surface area contributed by atoms with Gasteiger partial charge < -0.3 is 10.5 Å². The van der Waals surface area contributed by atoms with E-state index in [0.29, 0.717) is 6.61 Å². The lowest BCUT2D eigenvalue weighted by Gasteiger charge is -2.31. The summed E-state index contributed by atoms with van der Waals surface area (Å²) in [6.45, 7) is 10.6. The highest BCUT2D eigenvalue weighted by atomic mass is 16.5. The highest BCUT2D eigenvalue weighted by molar-refractivity contribution is 5.72. The second-order valence-corrected chi connectivity index (χ2v) is 4.97. The fourth-order valence-electron chi connectivity index (χ4n) is 2.40. The fourth-order valence-corrected chi connectivity index (χ4v) is 2.40. The first-order valence-electron chi connectivity index (χ1n) is 7.25. The van der Waals surface area contributed by atoms with E-state index in [1.165, 1.54) is 0 Å². The predicted octanol–water partition coefficient (Wildman–Crippen LogP) is 2.24. The topological polar surface area (TPSA) is 55.6 Å². The Morgan fingerprint density at radius 1 is 1.45 bits per heavy atom. The van der Waals surface area contributed by atoms with E-state index >= 15 is 0 Å². The van der Waals surface area contributed by atoms with E-state index in [2.05, 4.69) is 11.5 Å². The Morgan fingerprint density at radius 2 is 2.10 bits per heavy atom. The maximum Gasteiger partial charge on any atom is 0.309 e. The van der Waals surface area contributed by atoms with E-state index in [0.717, 1.165) is 43.7 Å². The molecule has 1 saturated heterocycles. The number of nitrogens with zero attached hydrogens (tertiary/aromatic N) is 1. The van der Waals surface area contributed by atoms with Crippen LogP contribution in [0.5, 0.6) is 0 Å². The van der Waals surface area contributed by atoms with E-state index in [1.807, 2.05) is 26.0 Å². The molecule has 0 spiro atoms. The van der Waals surface area contributed by atoms with Crippen LogP contribution in [0.3, 0.4) is 0 Å². The summed E-state index contributed by atoms with van der Waals surface area (Å²) in [6, 6.07) is 0. The Kier molecular flexibility index (Phi) is 7.09. The second-order valence-electron chi connectivity index (χ2n) is 4.97. The third-order valence-electron chi connectivity index (χ3n) is 3.60. The number of carbonyl (C=O) groups excluding carboxylic acids is 1. The van der Waals surface area contributed by atoms with E-state index in [-0.39, 0.29) is 11.9 Å². The molecule has 0 aromatic heterocycles. The van der Waals surface area contributed by atoms with Crippen molar-refractivity contribution in [3.8, 4) is 0 Å². The van der Waals surface area contributed by atoms with Crippen molar-refractivity contribution in [3.63, 3.8) is 0 Å². The van der Waals surface area contributed by atoms with Crippen LogP contribution in [-0.2, 0) is 9.53 Å². The number of likely N-dealkylation sites (tertiary alicyclic amines) is 1. The van der Waals surface area contributed by atoms with Crippen LogP contribution >= 0.6 is 0 Å². The second kappa shape index (κ2) is 8.59. The highest BCUT2D eigenvalue weighted by Gasteiger charge is 2.26. The summed E-state index contributed by atoms with van der Waals surface area (Å²) in [4.78, 5) is 14.0. The zero-order chi connectivity index (χ0) is 15.0. The molecule has 1 aliphatic rings. The molecule has 4 heteroatoms. The van der Waals surface area contributed by atoms with E-state index in [1.54, 1.807) is 6.08 Å². The molecule has 0 unspecified atom stereocenters. The van der Waals surface area contributed by atoms with Crippen molar-refractivity contribution >= 4 is 5.97 Å². The number of piperidine rings is 1. The van der Waals surface area contributed by atoms with Gasteiger partial charge >= 0.3 is 5.97 Å². The molecule has 112 valence electrons. The van der Waals surface area contributed by atoms with Gasteiger partial charge in [-0.1, -0.05) is 24.8 Å². The molecule has 0 bridgehead atoms. The smallest absolute Gasteiger partial charge is 0.309 e. The minimum atomic E-state index is -0.0537. The summed E-state index contributed by atoms with van der Waals surface area (Å²) in [7, 11) is 0. The van der Waals surface area contributed by atoms with Gasteiger partial charge in [0.25, 0.3) is 0 Å². The third-order valence-corrected chi connectivity index (χ3v) is 3.60. The van der Waals surface area contributed by atoms with Crippen molar-refractivity contribution in [2.45, 2.75) is 26.7 Å². The number of hydrogen-bond donors (Lipinski definition) is 1. The van der Waals surface area contributed by atoms with Crippen LogP contribution < -0.4 is 5.73 Å². The molecule has 1 heterocycles. The number of hydrogen-bond acceptors (Lipinski definition) is 4. The number of ether oxygens (including phenoxy) is 1. The molecule has 2 N–H and O–H groups in total. The van der Waals surface area contributed by atoms with Gasteiger partial charge in [-0.2, -0.15) is 0 Å². The number of nitrogens with two attached hydrogens (primary N) is 1. The first-order valence-corrected chi connectivity index (χ1v) is 7.25. The van der Waals surface area contributed by atoms with Crippen LogP contribution in [0, 0.1) is 5.92 Å². The highest BCUT2D eigenvalue weighted by Crippen LogP contribution is 2.20. The van der Waals surface area contributed by atoms with Gasteiger partial charge in [0, 0.05) is 12.2 Å². The quantitative estimate of drug-likeness (QED) is 0.598. The molecular formula is C16H26N2O2. The molecule has 0 aliphatic carbocycles. The molecule has 0 amide bonds. The summed E-state index contributed by atoms with van der Waals surface area (Å²) in [5.74, 6) is -0.000858. The Hall–Kier alpha value is -1.55. The molecule has 1 rings (SSSR count). The minimum absolute atomic E-state index is 0.0529. The fraction of sp³-hybridized carbons (Fsp3) is 0.562. The van der Waals surface area contributed by atoms with Crippen molar-refractivity contribution < 1.29 is 9.53 Å². The number of rotatable bonds is 6. The van der Waals surface area contributed by atoms with Gasteiger partial charge in [-0.25, -0.2) is 0 Å². The molecule has 1 aliphatic heterocycles. The van der Waals surface area contributed by atoms with Crippen LogP contribution in [0.4, 0.5) is 0 Å². The van der Waals surface area contributed by atoms with Crippen molar-refractivity contribution in [1.29, 1.82) is 0 Å². The molecular weight excluding hydrogens is 252 g/mol. The van der Waals surface area contributed by atoms with Crippen molar-refractivity contribution in [1.82, 2.24) is 4.90 Å². The first kappa shape index (κ1) is 16.5. The molecule has 4 nitrogen and oxygen atoms in total. The third kappa shape index (κ3) is 4.85. The van der Waals surface area contributed by atoms with Gasteiger partial charge in [-0.3, -0.25) is 9.69 Å². The number of esters is 1. The summed E-state index contributed by atoms with van der Waals surface area (Å²) in [5, 5.41) is 0. The molecule has 1 fully saturated rings. The lowest BCUT2D eigenvalue weighted by Crippen LogP contribution is -2.38. The Morgan fingerprint density at radius 3 is 2.60 bits per heavy atom. The van der Waals surface area contributed by atoms with Crippen molar-refractivity contribution in [2.75, 3.05) is 26.2 Å². The van der Waals surface area contributed by atoms with Gasteiger partial charge in [0.05, 0.1) is 12.5 Å². The number of carbonyl (C=O) groups is 1.